The van der Waals surface area contributed by atoms with Crippen LogP contribution in [-0.2, 0) is 6.42 Å². The lowest BCUT2D eigenvalue weighted by Gasteiger charge is -2.37. The number of ketones is 1. The summed E-state index contributed by atoms with van der Waals surface area (Å²) in [6.45, 7) is 7.83. The highest BCUT2D eigenvalue weighted by Gasteiger charge is 2.37. The second kappa shape index (κ2) is 7.85. The summed E-state index contributed by atoms with van der Waals surface area (Å²) in [6, 6.07) is 14.4. The van der Waals surface area contributed by atoms with Crippen LogP contribution in [0.4, 0.5) is 5.69 Å². The molecule has 0 spiro atoms. The van der Waals surface area contributed by atoms with Crippen LogP contribution >= 0.6 is 0 Å². The van der Waals surface area contributed by atoms with Crippen molar-refractivity contribution in [3.05, 3.63) is 64.7 Å². The molecule has 0 saturated heterocycles. The van der Waals surface area contributed by atoms with Gasteiger partial charge in [-0.2, -0.15) is 0 Å². The summed E-state index contributed by atoms with van der Waals surface area (Å²) in [5, 5.41) is 3.58. The van der Waals surface area contributed by atoms with Crippen molar-refractivity contribution >= 4 is 11.5 Å². The Hall–Kier alpha value is -2.13. The molecule has 0 saturated carbocycles. The van der Waals surface area contributed by atoms with Gasteiger partial charge in [-0.05, 0) is 62.0 Å². The molecule has 1 N–H and O–H groups in total. The number of nitrogens with zero attached hydrogens (tertiary/aromatic N) is 1. The van der Waals surface area contributed by atoms with Crippen LogP contribution in [-0.4, -0.2) is 36.4 Å². The van der Waals surface area contributed by atoms with E-state index in [4.69, 9.17) is 0 Å². The average Bonchev–Trinajstić information content (AvgIpc) is 3.12. The van der Waals surface area contributed by atoms with Crippen molar-refractivity contribution in [2.24, 2.45) is 0 Å². The van der Waals surface area contributed by atoms with Gasteiger partial charge in [0.05, 0.1) is 0 Å². The van der Waals surface area contributed by atoms with Gasteiger partial charge in [-0.15, -0.1) is 0 Å². The number of anilines is 1. The molecule has 0 bridgehead atoms. The van der Waals surface area contributed by atoms with Crippen molar-refractivity contribution in [1.29, 1.82) is 0 Å². The molecule has 0 fully saturated rings. The molecule has 4 rings (SSSR count). The zero-order valence-electron chi connectivity index (χ0n) is 16.5. The molecule has 2 aromatic carbocycles. The molecule has 3 heteroatoms. The third kappa shape index (κ3) is 3.41. The summed E-state index contributed by atoms with van der Waals surface area (Å²) in [6.07, 6.45) is 4.56. The number of benzene rings is 2. The Morgan fingerprint density at radius 2 is 1.81 bits per heavy atom. The minimum Gasteiger partial charge on any atom is -0.384 e. The maximum Gasteiger partial charge on any atom is 0.193 e. The summed E-state index contributed by atoms with van der Waals surface area (Å²) in [5.74, 6) is 0.700. The lowest BCUT2D eigenvalue weighted by Crippen LogP contribution is -2.41. The first-order chi connectivity index (χ1) is 13.2. The maximum atomic E-state index is 13.3. The fraction of sp³-hybridized carbons (Fsp3) is 0.458. The van der Waals surface area contributed by atoms with Crippen LogP contribution in [0.3, 0.4) is 0 Å². The van der Waals surface area contributed by atoms with E-state index >= 15 is 0 Å². The molecule has 0 radical (unpaired) electrons. The minimum absolute atomic E-state index is 0.164. The van der Waals surface area contributed by atoms with Gasteiger partial charge in [-0.25, -0.2) is 0 Å². The van der Waals surface area contributed by atoms with E-state index in [1.807, 2.05) is 36.4 Å². The van der Waals surface area contributed by atoms with Gasteiger partial charge in [-0.3, -0.25) is 4.79 Å². The first-order valence-electron chi connectivity index (χ1n) is 10.5. The third-order valence-electron chi connectivity index (χ3n) is 6.12. The highest BCUT2D eigenvalue weighted by atomic mass is 16.1. The molecule has 0 amide bonds. The molecule has 1 heterocycles. The Labute approximate surface area is 162 Å². The molecule has 27 heavy (non-hydrogen) atoms. The molecule has 1 aliphatic carbocycles. The van der Waals surface area contributed by atoms with Gasteiger partial charge >= 0.3 is 0 Å². The Morgan fingerprint density at radius 3 is 2.52 bits per heavy atom. The van der Waals surface area contributed by atoms with Crippen LogP contribution in [0, 0.1) is 0 Å². The fourth-order valence-electron chi connectivity index (χ4n) is 4.98. The van der Waals surface area contributed by atoms with E-state index in [2.05, 4.69) is 30.1 Å². The predicted molar refractivity (Wildman–Crippen MR) is 112 cm³/mol. The zero-order chi connectivity index (χ0) is 18.8. The van der Waals surface area contributed by atoms with Gasteiger partial charge in [-0.1, -0.05) is 44.2 Å². The van der Waals surface area contributed by atoms with Crippen LogP contribution in [0.5, 0.6) is 0 Å². The zero-order valence-corrected chi connectivity index (χ0v) is 16.5. The number of carbonyl (C=O) groups excluding carboxylic acids is 1. The number of hydrogen-bond acceptors (Lipinski definition) is 3. The summed E-state index contributed by atoms with van der Waals surface area (Å²) in [7, 11) is 0. The summed E-state index contributed by atoms with van der Waals surface area (Å²) >= 11 is 0. The van der Waals surface area contributed by atoms with Crippen molar-refractivity contribution < 1.29 is 4.79 Å². The lowest BCUT2D eigenvalue weighted by molar-refractivity contribution is 0.103. The Bertz CT molecular complexity index is 809. The molecule has 2 atom stereocenters. The second-order valence-corrected chi connectivity index (χ2v) is 7.96. The van der Waals surface area contributed by atoms with Crippen LogP contribution in [0.25, 0.3) is 0 Å². The van der Waals surface area contributed by atoms with Gasteiger partial charge in [0.1, 0.15) is 0 Å². The van der Waals surface area contributed by atoms with Gasteiger partial charge in [0, 0.05) is 35.3 Å². The molecular weight excluding hydrogens is 332 g/mol. The van der Waals surface area contributed by atoms with E-state index < -0.39 is 0 Å². The first kappa shape index (κ1) is 18.2. The van der Waals surface area contributed by atoms with E-state index in [1.165, 1.54) is 36.1 Å². The number of hydrogen-bond donors (Lipinski definition) is 1. The van der Waals surface area contributed by atoms with Gasteiger partial charge < -0.3 is 10.2 Å². The second-order valence-electron chi connectivity index (χ2n) is 7.96. The molecule has 3 nitrogen and oxygen atoms in total. The third-order valence-corrected chi connectivity index (χ3v) is 6.12. The van der Waals surface area contributed by atoms with Crippen LogP contribution in [0.1, 0.15) is 66.1 Å². The van der Waals surface area contributed by atoms with E-state index in [0.29, 0.717) is 12.0 Å². The molecule has 142 valence electrons. The highest BCUT2D eigenvalue weighted by Crippen LogP contribution is 2.44. The molecule has 1 aliphatic heterocycles. The minimum atomic E-state index is 0.164. The van der Waals surface area contributed by atoms with Gasteiger partial charge in [0.2, 0.25) is 0 Å². The van der Waals surface area contributed by atoms with Crippen LogP contribution in [0.15, 0.2) is 42.5 Å². The maximum absolute atomic E-state index is 13.3. The van der Waals surface area contributed by atoms with Gasteiger partial charge in [0.15, 0.2) is 5.78 Å². The highest BCUT2D eigenvalue weighted by molar-refractivity contribution is 6.10. The number of carbonyl (C=O) groups is 1. The van der Waals surface area contributed by atoms with E-state index in [-0.39, 0.29) is 5.78 Å². The van der Waals surface area contributed by atoms with Gasteiger partial charge in [0.25, 0.3) is 0 Å². The van der Waals surface area contributed by atoms with Crippen molar-refractivity contribution in [3.63, 3.8) is 0 Å². The van der Waals surface area contributed by atoms with Crippen molar-refractivity contribution in [2.75, 3.05) is 25.0 Å². The van der Waals surface area contributed by atoms with Crippen LogP contribution < -0.4 is 5.32 Å². The monoisotopic (exact) mass is 362 g/mol. The first-order valence-corrected chi connectivity index (χ1v) is 10.5. The molecule has 0 unspecified atom stereocenters. The Balaban J connectivity index is 1.72. The number of nitrogens with one attached hydrogen (secondary N) is 1. The smallest absolute Gasteiger partial charge is 0.193 e. The topological polar surface area (TPSA) is 32.3 Å². The largest absolute Gasteiger partial charge is 0.384 e. The fourth-order valence-corrected chi connectivity index (χ4v) is 4.98. The quantitative estimate of drug-likeness (QED) is 0.714. The van der Waals surface area contributed by atoms with E-state index in [0.717, 1.165) is 37.2 Å². The predicted octanol–water partition coefficient (Wildman–Crippen LogP) is 4.86. The van der Waals surface area contributed by atoms with Crippen molar-refractivity contribution in [2.45, 2.75) is 51.5 Å². The molecule has 2 aromatic rings. The average molecular weight is 363 g/mol. The van der Waals surface area contributed by atoms with Crippen LogP contribution in [0.2, 0.25) is 0 Å². The SMILES string of the molecule is CCCN(CCC)[C@H]1Cc2c(C(=O)c3ccccc3)ccc3c2[C@@H](CN3)C1. The Kier molecular flexibility index (Phi) is 5.31. The normalized spacial score (nSPS) is 20.4. The summed E-state index contributed by atoms with van der Waals surface area (Å²) in [5.41, 5.74) is 5.66. The van der Waals surface area contributed by atoms with Crippen molar-refractivity contribution in [1.82, 2.24) is 4.90 Å². The summed E-state index contributed by atoms with van der Waals surface area (Å²) < 4.78 is 0. The standard InChI is InChI=1S/C24H30N2O/c1-3-12-26(13-4-2)19-14-18-16-25-22-11-10-20(21(15-19)23(18)22)24(27)17-8-6-5-7-9-17/h5-11,18-19,25H,3-4,12-16H2,1-2H3/t18-,19-/m1/s1. The summed E-state index contributed by atoms with van der Waals surface area (Å²) in [4.78, 5) is 15.9. The lowest BCUT2D eigenvalue weighted by atomic mass is 9.77. The van der Waals surface area contributed by atoms with Crippen molar-refractivity contribution in [3.8, 4) is 0 Å². The molecular formula is C24H30N2O. The van der Waals surface area contributed by atoms with E-state index in [1.54, 1.807) is 0 Å². The molecule has 0 aromatic heterocycles. The number of rotatable bonds is 7. The van der Waals surface area contributed by atoms with E-state index in [9.17, 15) is 4.79 Å². The molecule has 2 aliphatic rings. The Morgan fingerprint density at radius 1 is 1.07 bits per heavy atom.